The molecule has 0 spiro atoms. The van der Waals surface area contributed by atoms with E-state index in [1.807, 2.05) is 24.4 Å². The molecule has 1 fully saturated rings. The van der Waals surface area contributed by atoms with Crippen LogP contribution in [0.3, 0.4) is 0 Å². The molecule has 3 aromatic rings. The summed E-state index contributed by atoms with van der Waals surface area (Å²) in [4.78, 5) is 2.85. The monoisotopic (exact) mass is 383 g/mol. The number of nitrogens with one attached hydrogen (secondary N) is 1. The number of hydrogen-bond acceptors (Lipinski definition) is 4. The van der Waals surface area contributed by atoms with Crippen molar-refractivity contribution in [3.8, 4) is 0 Å². The Morgan fingerprint density at radius 1 is 1.19 bits per heavy atom. The molecular weight excluding hydrogens is 358 g/mol. The average molecular weight is 384 g/mol. The fraction of sp³-hybridized carbons (Fsp3) is 0.381. The van der Waals surface area contributed by atoms with Crippen LogP contribution in [0.15, 0.2) is 53.6 Å². The maximum atomic E-state index is 11.8. The number of nitrogens with zero attached hydrogens (tertiary/aromatic N) is 2. The van der Waals surface area contributed by atoms with E-state index in [4.69, 9.17) is 0 Å². The Morgan fingerprint density at radius 2 is 2.07 bits per heavy atom. The van der Waals surface area contributed by atoms with Gasteiger partial charge in [-0.05, 0) is 67.1 Å². The quantitative estimate of drug-likeness (QED) is 0.733. The second-order valence-electron chi connectivity index (χ2n) is 7.66. The number of benzene rings is 2. The summed E-state index contributed by atoms with van der Waals surface area (Å²) in [7, 11) is -3.16. The minimum Gasteiger partial charge on any atom is -0.299 e. The Balaban J connectivity index is 1.42. The van der Waals surface area contributed by atoms with Crippen molar-refractivity contribution in [2.24, 2.45) is 5.92 Å². The molecule has 2 aromatic carbocycles. The second-order valence-corrected chi connectivity index (χ2v) is 9.67. The van der Waals surface area contributed by atoms with Crippen molar-refractivity contribution in [3.63, 3.8) is 0 Å². The molecule has 6 heteroatoms. The van der Waals surface area contributed by atoms with E-state index in [1.54, 1.807) is 6.07 Å². The number of fused-ring (bicyclic) bond motifs is 1. The Hall–Kier alpha value is -2.18. The fourth-order valence-corrected chi connectivity index (χ4v) is 4.74. The third-order valence-corrected chi connectivity index (χ3v) is 6.48. The van der Waals surface area contributed by atoms with Crippen molar-refractivity contribution in [3.05, 3.63) is 59.8 Å². The highest BCUT2D eigenvalue weighted by atomic mass is 32.2. The lowest BCUT2D eigenvalue weighted by atomic mass is 9.90. The normalized spacial score (nSPS) is 18.8. The van der Waals surface area contributed by atoms with E-state index in [1.165, 1.54) is 24.7 Å². The van der Waals surface area contributed by atoms with Gasteiger partial charge in [0, 0.05) is 24.7 Å². The third-order valence-electron chi connectivity index (χ3n) is 5.36. The predicted molar refractivity (Wildman–Crippen MR) is 107 cm³/mol. The number of H-pyrrole nitrogens is 1. The van der Waals surface area contributed by atoms with Crippen LogP contribution in [0.4, 0.5) is 0 Å². The molecule has 1 atom stereocenters. The van der Waals surface area contributed by atoms with Gasteiger partial charge in [-0.3, -0.25) is 10.00 Å². The van der Waals surface area contributed by atoms with Crippen LogP contribution in [0.25, 0.3) is 10.9 Å². The summed E-state index contributed by atoms with van der Waals surface area (Å²) < 4.78 is 23.6. The number of aromatic nitrogens is 2. The van der Waals surface area contributed by atoms with Gasteiger partial charge in [-0.15, -0.1) is 0 Å². The molecule has 5 nitrogen and oxygen atoms in total. The lowest BCUT2D eigenvalue weighted by Crippen LogP contribution is -2.35. The zero-order chi connectivity index (χ0) is 18.9. The summed E-state index contributed by atoms with van der Waals surface area (Å²) in [6.07, 6.45) is 6.63. The topological polar surface area (TPSA) is 66.1 Å². The van der Waals surface area contributed by atoms with Gasteiger partial charge in [0.25, 0.3) is 0 Å². The zero-order valence-corrected chi connectivity index (χ0v) is 16.4. The molecular formula is C21H25N3O2S. The van der Waals surface area contributed by atoms with Gasteiger partial charge >= 0.3 is 0 Å². The van der Waals surface area contributed by atoms with Gasteiger partial charge < -0.3 is 0 Å². The van der Waals surface area contributed by atoms with Gasteiger partial charge in [-0.2, -0.15) is 5.10 Å². The van der Waals surface area contributed by atoms with Crippen LogP contribution in [-0.4, -0.2) is 42.9 Å². The first-order chi connectivity index (χ1) is 13.0. The van der Waals surface area contributed by atoms with Crippen LogP contribution in [0, 0.1) is 5.92 Å². The van der Waals surface area contributed by atoms with Gasteiger partial charge in [-0.1, -0.05) is 18.2 Å². The van der Waals surface area contributed by atoms with Gasteiger partial charge in [-0.25, -0.2) is 8.42 Å². The molecule has 1 N–H and O–H groups in total. The first-order valence-electron chi connectivity index (χ1n) is 9.41. The van der Waals surface area contributed by atoms with E-state index in [0.29, 0.717) is 10.8 Å². The van der Waals surface area contributed by atoms with Crippen LogP contribution in [0.5, 0.6) is 0 Å². The van der Waals surface area contributed by atoms with Crippen molar-refractivity contribution in [2.75, 3.05) is 19.3 Å². The number of hydrogen-bond donors (Lipinski definition) is 1. The molecule has 0 saturated carbocycles. The fourth-order valence-electron chi connectivity index (χ4n) is 4.05. The van der Waals surface area contributed by atoms with Crippen LogP contribution in [0.2, 0.25) is 0 Å². The molecule has 1 aliphatic rings. The highest BCUT2D eigenvalue weighted by Gasteiger charge is 2.21. The molecule has 4 rings (SSSR count). The number of likely N-dealkylation sites (tertiary alicyclic amines) is 1. The second kappa shape index (κ2) is 7.44. The molecule has 1 saturated heterocycles. The van der Waals surface area contributed by atoms with E-state index in [0.717, 1.165) is 42.5 Å². The third kappa shape index (κ3) is 4.39. The minimum atomic E-state index is -3.16. The SMILES string of the molecule is CS(=O)(=O)c1cccc(CN2CCC[C@@H](Cc3ccc4[nH]ncc4c3)C2)c1. The molecule has 0 bridgehead atoms. The smallest absolute Gasteiger partial charge is 0.175 e. The van der Waals surface area contributed by atoms with E-state index in [9.17, 15) is 8.42 Å². The summed E-state index contributed by atoms with van der Waals surface area (Å²) >= 11 is 0. The van der Waals surface area contributed by atoms with Crippen LogP contribution < -0.4 is 0 Å². The van der Waals surface area contributed by atoms with Crippen molar-refractivity contribution < 1.29 is 8.42 Å². The number of rotatable bonds is 5. The Labute approximate surface area is 160 Å². The highest BCUT2D eigenvalue weighted by molar-refractivity contribution is 7.90. The number of piperidine rings is 1. The average Bonchev–Trinajstić information content (AvgIpc) is 3.09. The van der Waals surface area contributed by atoms with Crippen molar-refractivity contribution >= 4 is 20.7 Å². The summed E-state index contributed by atoms with van der Waals surface area (Å²) in [6.45, 7) is 2.92. The predicted octanol–water partition coefficient (Wildman–Crippen LogP) is 3.42. The van der Waals surface area contributed by atoms with Gasteiger partial charge in [0.15, 0.2) is 9.84 Å². The summed E-state index contributed by atoms with van der Waals surface area (Å²) in [5.74, 6) is 0.626. The van der Waals surface area contributed by atoms with E-state index < -0.39 is 9.84 Å². The molecule has 142 valence electrons. The van der Waals surface area contributed by atoms with Crippen LogP contribution in [-0.2, 0) is 22.8 Å². The van der Waals surface area contributed by atoms with Crippen molar-refractivity contribution in [2.45, 2.75) is 30.7 Å². The van der Waals surface area contributed by atoms with E-state index in [-0.39, 0.29) is 0 Å². The first-order valence-corrected chi connectivity index (χ1v) is 11.3. The molecule has 1 aromatic heterocycles. The summed E-state index contributed by atoms with van der Waals surface area (Å²) in [6, 6.07) is 13.9. The van der Waals surface area contributed by atoms with Crippen LogP contribution in [0.1, 0.15) is 24.0 Å². The molecule has 0 aliphatic carbocycles. The van der Waals surface area contributed by atoms with Crippen molar-refractivity contribution in [1.82, 2.24) is 15.1 Å². The number of sulfone groups is 1. The standard InChI is InChI=1S/C21H25N3O2S/c1-27(25,26)20-6-2-4-18(12-20)15-24-9-3-5-17(14-24)10-16-7-8-21-19(11-16)13-22-23-21/h2,4,6-8,11-13,17H,3,5,9-10,14-15H2,1H3,(H,22,23)/t17-/m0/s1. The van der Waals surface area contributed by atoms with E-state index in [2.05, 4.69) is 33.3 Å². The Bertz CT molecular complexity index is 1040. The van der Waals surface area contributed by atoms with Crippen LogP contribution >= 0.6 is 0 Å². The maximum Gasteiger partial charge on any atom is 0.175 e. The molecule has 0 amide bonds. The molecule has 1 aliphatic heterocycles. The van der Waals surface area contributed by atoms with Gasteiger partial charge in [0.2, 0.25) is 0 Å². The minimum absolute atomic E-state index is 0.405. The Morgan fingerprint density at radius 3 is 2.93 bits per heavy atom. The van der Waals surface area contributed by atoms with Gasteiger partial charge in [0.05, 0.1) is 16.6 Å². The molecule has 2 heterocycles. The maximum absolute atomic E-state index is 11.8. The van der Waals surface area contributed by atoms with Crippen molar-refractivity contribution in [1.29, 1.82) is 0 Å². The highest BCUT2D eigenvalue weighted by Crippen LogP contribution is 2.24. The lowest BCUT2D eigenvalue weighted by molar-refractivity contribution is 0.167. The number of aromatic amines is 1. The van der Waals surface area contributed by atoms with Gasteiger partial charge in [0.1, 0.15) is 0 Å². The van der Waals surface area contributed by atoms with E-state index >= 15 is 0 Å². The lowest BCUT2D eigenvalue weighted by Gasteiger charge is -2.33. The largest absolute Gasteiger partial charge is 0.299 e. The summed E-state index contributed by atoms with van der Waals surface area (Å²) in [5.41, 5.74) is 3.50. The molecule has 0 radical (unpaired) electrons. The zero-order valence-electron chi connectivity index (χ0n) is 15.6. The molecule has 27 heavy (non-hydrogen) atoms. The first kappa shape index (κ1) is 18.2. The Kier molecular flexibility index (Phi) is 5.02. The molecule has 0 unspecified atom stereocenters. The summed E-state index contributed by atoms with van der Waals surface area (Å²) in [5, 5.41) is 8.26.